The molecule has 17 heavy (non-hydrogen) atoms. The Bertz CT molecular complexity index is 386. The number of anilines is 1. The molecule has 0 fully saturated rings. The van der Waals surface area contributed by atoms with Gasteiger partial charge in [0.05, 0.1) is 18.6 Å². The molecule has 4 nitrogen and oxygen atoms in total. The van der Waals surface area contributed by atoms with Crippen molar-refractivity contribution in [2.24, 2.45) is 5.92 Å². The number of hydrogen-bond donors (Lipinski definition) is 0. The summed E-state index contributed by atoms with van der Waals surface area (Å²) in [6, 6.07) is 7.94. The fourth-order valence-corrected chi connectivity index (χ4v) is 1.56. The Morgan fingerprint density at radius 2 is 2.24 bits per heavy atom. The average molecular weight is 233 g/mol. The van der Waals surface area contributed by atoms with Gasteiger partial charge in [-0.3, -0.25) is 0 Å². The molecule has 1 heterocycles. The molecule has 0 aliphatic heterocycles. The van der Waals surface area contributed by atoms with E-state index in [2.05, 4.69) is 22.9 Å². The summed E-state index contributed by atoms with van der Waals surface area (Å²) in [6.45, 7) is 8.03. The van der Waals surface area contributed by atoms with Gasteiger partial charge in [0.25, 0.3) is 0 Å². The van der Waals surface area contributed by atoms with Crippen molar-refractivity contribution >= 4 is 5.82 Å². The third kappa shape index (κ3) is 3.95. The fourth-order valence-electron chi connectivity index (χ4n) is 1.56. The van der Waals surface area contributed by atoms with Crippen molar-refractivity contribution in [1.29, 1.82) is 5.26 Å². The van der Waals surface area contributed by atoms with Crippen LogP contribution in [0, 0.1) is 17.2 Å². The second-order valence-corrected chi connectivity index (χ2v) is 3.84. The van der Waals surface area contributed by atoms with E-state index in [1.807, 2.05) is 32.0 Å². The zero-order valence-electron chi connectivity index (χ0n) is 10.7. The van der Waals surface area contributed by atoms with Crippen LogP contribution in [0.25, 0.3) is 0 Å². The van der Waals surface area contributed by atoms with Crippen molar-refractivity contribution < 1.29 is 4.74 Å². The molecule has 0 radical (unpaired) electrons. The zero-order chi connectivity index (χ0) is 12.7. The first-order valence-electron chi connectivity index (χ1n) is 5.95. The number of ether oxygens (including phenoxy) is 1. The molecule has 4 heteroatoms. The molecular formula is C13H19N3O. The molecule has 1 aromatic heterocycles. The highest BCUT2D eigenvalue weighted by molar-refractivity contribution is 5.40. The zero-order valence-corrected chi connectivity index (χ0v) is 10.7. The van der Waals surface area contributed by atoms with Gasteiger partial charge < -0.3 is 9.64 Å². The molecule has 0 aliphatic rings. The Labute approximate surface area is 103 Å². The van der Waals surface area contributed by atoms with Crippen LogP contribution in [0.5, 0.6) is 5.88 Å². The molecular weight excluding hydrogens is 214 g/mol. The van der Waals surface area contributed by atoms with Crippen LogP contribution in [-0.4, -0.2) is 24.7 Å². The van der Waals surface area contributed by atoms with Crippen LogP contribution < -0.4 is 9.64 Å². The van der Waals surface area contributed by atoms with Gasteiger partial charge in [0.2, 0.25) is 5.88 Å². The molecule has 0 spiro atoms. The van der Waals surface area contributed by atoms with Crippen LogP contribution in [0.3, 0.4) is 0 Å². The lowest BCUT2D eigenvalue weighted by Gasteiger charge is -2.23. The molecule has 0 saturated carbocycles. The van der Waals surface area contributed by atoms with E-state index in [-0.39, 0.29) is 5.92 Å². The monoisotopic (exact) mass is 233 g/mol. The third-order valence-electron chi connectivity index (χ3n) is 2.42. The van der Waals surface area contributed by atoms with Gasteiger partial charge in [-0.15, -0.1) is 0 Å². The first kappa shape index (κ1) is 13.3. The van der Waals surface area contributed by atoms with Crippen LogP contribution in [0.15, 0.2) is 18.2 Å². The molecule has 1 atom stereocenters. The van der Waals surface area contributed by atoms with Gasteiger partial charge in [0.15, 0.2) is 0 Å². The number of rotatable bonds is 6. The summed E-state index contributed by atoms with van der Waals surface area (Å²) in [4.78, 5) is 6.50. The predicted molar refractivity (Wildman–Crippen MR) is 68.1 cm³/mol. The summed E-state index contributed by atoms with van der Waals surface area (Å²) >= 11 is 0. The second-order valence-electron chi connectivity index (χ2n) is 3.84. The first-order valence-corrected chi connectivity index (χ1v) is 5.95. The lowest BCUT2D eigenvalue weighted by molar-refractivity contribution is 0.327. The summed E-state index contributed by atoms with van der Waals surface area (Å²) in [5, 5.41) is 8.84. The molecule has 0 bridgehead atoms. The minimum absolute atomic E-state index is 0.00694. The summed E-state index contributed by atoms with van der Waals surface area (Å²) < 4.78 is 5.37. The van der Waals surface area contributed by atoms with Gasteiger partial charge in [0.1, 0.15) is 5.82 Å². The van der Waals surface area contributed by atoms with Crippen LogP contribution in [0.1, 0.15) is 20.8 Å². The van der Waals surface area contributed by atoms with Gasteiger partial charge in [0, 0.05) is 19.2 Å². The predicted octanol–water partition coefficient (Wildman–Crippen LogP) is 2.47. The van der Waals surface area contributed by atoms with Crippen molar-refractivity contribution in [3.05, 3.63) is 18.2 Å². The Kier molecular flexibility index (Phi) is 5.28. The number of nitriles is 1. The molecule has 92 valence electrons. The van der Waals surface area contributed by atoms with E-state index in [9.17, 15) is 0 Å². The normalized spacial score (nSPS) is 11.6. The lowest BCUT2D eigenvalue weighted by atomic mass is 10.2. The number of pyridine rings is 1. The highest BCUT2D eigenvalue weighted by Crippen LogP contribution is 2.16. The number of aromatic nitrogens is 1. The SMILES string of the molecule is CCOc1cccc(N(CC)CC(C)C#N)n1. The van der Waals surface area contributed by atoms with Gasteiger partial charge in [-0.1, -0.05) is 6.07 Å². The van der Waals surface area contributed by atoms with Crippen molar-refractivity contribution in [3.63, 3.8) is 0 Å². The van der Waals surface area contributed by atoms with E-state index in [4.69, 9.17) is 10.00 Å². The van der Waals surface area contributed by atoms with E-state index in [1.54, 1.807) is 0 Å². The van der Waals surface area contributed by atoms with Gasteiger partial charge in [-0.05, 0) is 26.8 Å². The molecule has 1 unspecified atom stereocenters. The van der Waals surface area contributed by atoms with Gasteiger partial charge in [-0.2, -0.15) is 10.2 Å². The van der Waals surface area contributed by atoms with Crippen LogP contribution >= 0.6 is 0 Å². The molecule has 0 amide bonds. The first-order chi connectivity index (χ1) is 8.21. The maximum Gasteiger partial charge on any atom is 0.215 e. The molecule has 1 rings (SSSR count). The molecule has 0 aliphatic carbocycles. The Morgan fingerprint density at radius 1 is 1.47 bits per heavy atom. The quantitative estimate of drug-likeness (QED) is 0.757. The van der Waals surface area contributed by atoms with Gasteiger partial charge >= 0.3 is 0 Å². The highest BCUT2D eigenvalue weighted by atomic mass is 16.5. The third-order valence-corrected chi connectivity index (χ3v) is 2.42. The van der Waals surface area contributed by atoms with Crippen molar-refractivity contribution in [2.75, 3.05) is 24.6 Å². The van der Waals surface area contributed by atoms with Gasteiger partial charge in [-0.25, -0.2) is 0 Å². The van der Waals surface area contributed by atoms with Crippen molar-refractivity contribution in [1.82, 2.24) is 4.98 Å². The largest absolute Gasteiger partial charge is 0.478 e. The second kappa shape index (κ2) is 6.74. The van der Waals surface area contributed by atoms with Crippen molar-refractivity contribution in [2.45, 2.75) is 20.8 Å². The Hall–Kier alpha value is -1.76. The van der Waals surface area contributed by atoms with E-state index in [0.29, 0.717) is 19.0 Å². The topological polar surface area (TPSA) is 49.1 Å². The number of nitrogens with zero attached hydrogens (tertiary/aromatic N) is 3. The Balaban J connectivity index is 2.81. The summed E-state index contributed by atoms with van der Waals surface area (Å²) in [5.41, 5.74) is 0. The highest BCUT2D eigenvalue weighted by Gasteiger charge is 2.10. The fraction of sp³-hybridized carbons (Fsp3) is 0.538. The number of hydrogen-bond acceptors (Lipinski definition) is 4. The summed E-state index contributed by atoms with van der Waals surface area (Å²) in [7, 11) is 0. The lowest BCUT2D eigenvalue weighted by Crippen LogP contribution is -2.28. The standard InChI is InChI=1S/C13H19N3O/c1-4-16(10-11(3)9-14)12-7-6-8-13(15-12)17-5-2/h6-8,11H,4-5,10H2,1-3H3. The molecule has 1 aromatic rings. The maximum absolute atomic E-state index is 8.84. The minimum Gasteiger partial charge on any atom is -0.478 e. The Morgan fingerprint density at radius 3 is 2.82 bits per heavy atom. The maximum atomic E-state index is 8.84. The average Bonchev–Trinajstić information content (AvgIpc) is 2.36. The summed E-state index contributed by atoms with van der Waals surface area (Å²) in [6.07, 6.45) is 0. The van der Waals surface area contributed by atoms with Crippen LogP contribution in [-0.2, 0) is 0 Å². The van der Waals surface area contributed by atoms with Crippen LogP contribution in [0.2, 0.25) is 0 Å². The van der Waals surface area contributed by atoms with E-state index < -0.39 is 0 Å². The van der Waals surface area contributed by atoms with E-state index in [0.717, 1.165) is 12.4 Å². The summed E-state index contributed by atoms with van der Waals surface area (Å²) in [5.74, 6) is 1.49. The van der Waals surface area contributed by atoms with Crippen LogP contribution in [0.4, 0.5) is 5.82 Å². The molecule has 0 N–H and O–H groups in total. The molecule has 0 aromatic carbocycles. The van der Waals surface area contributed by atoms with E-state index >= 15 is 0 Å². The van der Waals surface area contributed by atoms with E-state index in [1.165, 1.54) is 0 Å². The molecule has 0 saturated heterocycles. The smallest absolute Gasteiger partial charge is 0.215 e. The van der Waals surface area contributed by atoms with Crippen molar-refractivity contribution in [3.8, 4) is 11.9 Å². The minimum atomic E-state index is -0.00694.